The molecular formula is C17H15ClFNO5S. The Balaban J connectivity index is 1.93. The molecular weight excluding hydrogens is 385 g/mol. The molecule has 0 spiro atoms. The van der Waals surface area contributed by atoms with E-state index < -0.39 is 40.7 Å². The molecule has 2 aromatic carbocycles. The Morgan fingerprint density at radius 1 is 1.08 bits per heavy atom. The number of hydrogen-bond donors (Lipinski definition) is 0. The zero-order valence-corrected chi connectivity index (χ0v) is 15.3. The molecule has 0 N–H and O–H groups in total. The topological polar surface area (TPSA) is 80.8 Å². The first kappa shape index (κ1) is 20.0. The lowest BCUT2D eigenvalue weighted by Gasteiger charge is -2.16. The summed E-state index contributed by atoms with van der Waals surface area (Å²) in [4.78, 5) is 23.6. The predicted octanol–water partition coefficient (Wildman–Crippen LogP) is 2.53. The van der Waals surface area contributed by atoms with Crippen molar-refractivity contribution in [1.82, 2.24) is 4.31 Å². The van der Waals surface area contributed by atoms with Crippen molar-refractivity contribution in [3.63, 3.8) is 0 Å². The highest BCUT2D eigenvalue weighted by Gasteiger charge is 2.24. The number of likely N-dealkylation sites (N-methyl/N-ethyl adjacent to an activating group) is 1. The average Bonchev–Trinajstić information content (AvgIpc) is 2.60. The van der Waals surface area contributed by atoms with E-state index in [9.17, 15) is 22.4 Å². The van der Waals surface area contributed by atoms with Gasteiger partial charge in [0.2, 0.25) is 10.0 Å². The van der Waals surface area contributed by atoms with Gasteiger partial charge >= 0.3 is 5.97 Å². The first-order valence-corrected chi connectivity index (χ1v) is 9.18. The molecule has 0 bridgehead atoms. The molecule has 0 unspecified atom stereocenters. The van der Waals surface area contributed by atoms with Gasteiger partial charge in [-0.15, -0.1) is 0 Å². The molecule has 2 rings (SSSR count). The summed E-state index contributed by atoms with van der Waals surface area (Å²) in [5.41, 5.74) is 0.182. The summed E-state index contributed by atoms with van der Waals surface area (Å²) < 4.78 is 43.1. The predicted molar refractivity (Wildman–Crippen MR) is 93.0 cm³/mol. The molecule has 0 radical (unpaired) electrons. The number of hydrogen-bond acceptors (Lipinski definition) is 5. The SMILES string of the molecule is CN(CC(=O)OCC(=O)c1ccc(F)cc1)S(=O)(=O)c1ccc(Cl)cc1. The van der Waals surface area contributed by atoms with Crippen LogP contribution in [0.3, 0.4) is 0 Å². The summed E-state index contributed by atoms with van der Waals surface area (Å²) in [7, 11) is -2.68. The van der Waals surface area contributed by atoms with E-state index in [1.54, 1.807) is 0 Å². The number of sulfonamides is 1. The molecule has 0 amide bonds. The molecule has 26 heavy (non-hydrogen) atoms. The van der Waals surface area contributed by atoms with Crippen LogP contribution >= 0.6 is 11.6 Å². The smallest absolute Gasteiger partial charge is 0.321 e. The molecule has 0 saturated carbocycles. The quantitative estimate of drug-likeness (QED) is 0.528. The molecule has 2 aromatic rings. The van der Waals surface area contributed by atoms with Crippen LogP contribution in [0.2, 0.25) is 5.02 Å². The number of esters is 1. The Kier molecular flexibility index (Phi) is 6.47. The highest BCUT2D eigenvalue weighted by atomic mass is 35.5. The van der Waals surface area contributed by atoms with E-state index in [1.165, 1.54) is 43.4 Å². The minimum Gasteiger partial charge on any atom is -0.456 e. The fraction of sp³-hybridized carbons (Fsp3) is 0.176. The first-order valence-electron chi connectivity index (χ1n) is 7.36. The maximum Gasteiger partial charge on any atom is 0.321 e. The van der Waals surface area contributed by atoms with Gasteiger partial charge in [-0.3, -0.25) is 9.59 Å². The Hall–Kier alpha value is -2.29. The Morgan fingerprint density at radius 2 is 1.65 bits per heavy atom. The number of carbonyl (C=O) groups is 2. The van der Waals surface area contributed by atoms with Crippen molar-refractivity contribution < 1.29 is 27.1 Å². The van der Waals surface area contributed by atoms with Gasteiger partial charge in [-0.05, 0) is 48.5 Å². The van der Waals surface area contributed by atoms with E-state index in [4.69, 9.17) is 16.3 Å². The van der Waals surface area contributed by atoms with Crippen molar-refractivity contribution in [2.45, 2.75) is 4.90 Å². The van der Waals surface area contributed by atoms with Crippen LogP contribution in [0.4, 0.5) is 4.39 Å². The third-order valence-electron chi connectivity index (χ3n) is 3.40. The van der Waals surface area contributed by atoms with Gasteiger partial charge in [-0.25, -0.2) is 12.8 Å². The van der Waals surface area contributed by atoms with Crippen LogP contribution in [0.1, 0.15) is 10.4 Å². The van der Waals surface area contributed by atoms with E-state index in [2.05, 4.69) is 0 Å². The van der Waals surface area contributed by atoms with Gasteiger partial charge in [0, 0.05) is 17.6 Å². The minimum absolute atomic E-state index is 0.0282. The van der Waals surface area contributed by atoms with Crippen LogP contribution in [-0.2, 0) is 19.6 Å². The van der Waals surface area contributed by atoms with Crippen molar-refractivity contribution in [3.8, 4) is 0 Å². The van der Waals surface area contributed by atoms with Gasteiger partial charge in [0.25, 0.3) is 0 Å². The zero-order valence-electron chi connectivity index (χ0n) is 13.7. The molecule has 0 aliphatic carbocycles. The van der Waals surface area contributed by atoms with Gasteiger partial charge < -0.3 is 4.74 Å². The lowest BCUT2D eigenvalue weighted by Crippen LogP contribution is -2.33. The highest BCUT2D eigenvalue weighted by Crippen LogP contribution is 2.17. The number of carbonyl (C=O) groups excluding carboxylic acids is 2. The van der Waals surface area contributed by atoms with Crippen LogP contribution < -0.4 is 0 Å². The number of ether oxygens (including phenoxy) is 1. The number of rotatable bonds is 7. The Morgan fingerprint density at radius 3 is 2.23 bits per heavy atom. The molecule has 0 aliphatic heterocycles. The van der Waals surface area contributed by atoms with E-state index in [0.29, 0.717) is 5.02 Å². The molecule has 0 heterocycles. The second-order valence-electron chi connectivity index (χ2n) is 5.31. The van der Waals surface area contributed by atoms with Crippen LogP contribution in [0.5, 0.6) is 0 Å². The number of halogens is 2. The fourth-order valence-electron chi connectivity index (χ4n) is 1.96. The van der Waals surface area contributed by atoms with Gasteiger partial charge in [0.05, 0.1) is 4.90 Å². The molecule has 6 nitrogen and oxygen atoms in total. The maximum atomic E-state index is 12.8. The third-order valence-corrected chi connectivity index (χ3v) is 5.47. The lowest BCUT2D eigenvalue weighted by molar-refractivity contribution is -0.142. The van der Waals surface area contributed by atoms with Crippen LogP contribution in [0.25, 0.3) is 0 Å². The van der Waals surface area contributed by atoms with Gasteiger partial charge in [-0.2, -0.15) is 4.31 Å². The van der Waals surface area contributed by atoms with Crippen molar-refractivity contribution in [3.05, 3.63) is 64.9 Å². The van der Waals surface area contributed by atoms with E-state index in [1.807, 2.05) is 0 Å². The van der Waals surface area contributed by atoms with Crippen molar-refractivity contribution in [2.24, 2.45) is 0 Å². The normalized spacial score (nSPS) is 11.4. The van der Waals surface area contributed by atoms with E-state index >= 15 is 0 Å². The largest absolute Gasteiger partial charge is 0.456 e. The first-order chi connectivity index (χ1) is 12.2. The average molecular weight is 400 g/mol. The standard InChI is InChI=1S/C17H15ClFNO5S/c1-20(26(23,24)15-8-4-13(18)5-9-15)10-17(22)25-11-16(21)12-2-6-14(19)7-3-12/h2-9H,10-11H2,1H3. The molecule has 0 saturated heterocycles. The van der Waals surface area contributed by atoms with Gasteiger partial charge in [-0.1, -0.05) is 11.6 Å². The Bertz CT molecular complexity index is 898. The van der Waals surface area contributed by atoms with E-state index in [0.717, 1.165) is 16.4 Å². The molecule has 0 fully saturated rings. The van der Waals surface area contributed by atoms with Crippen molar-refractivity contribution in [1.29, 1.82) is 0 Å². The summed E-state index contributed by atoms with van der Waals surface area (Å²) in [6, 6.07) is 10.2. The van der Waals surface area contributed by atoms with Gasteiger partial charge in [0.1, 0.15) is 12.4 Å². The maximum absolute atomic E-state index is 12.8. The fourth-order valence-corrected chi connectivity index (χ4v) is 3.21. The number of nitrogens with zero attached hydrogens (tertiary/aromatic N) is 1. The molecule has 9 heteroatoms. The summed E-state index contributed by atoms with van der Waals surface area (Å²) >= 11 is 5.72. The number of Topliss-reactive ketones (excluding diaryl/α,β-unsaturated/α-hetero) is 1. The van der Waals surface area contributed by atoms with E-state index in [-0.39, 0.29) is 10.5 Å². The summed E-state index contributed by atoms with van der Waals surface area (Å²) in [6.45, 7) is -1.14. The molecule has 0 aliphatic rings. The minimum atomic E-state index is -3.90. The van der Waals surface area contributed by atoms with Crippen LogP contribution in [-0.4, -0.2) is 44.7 Å². The lowest BCUT2D eigenvalue weighted by atomic mass is 10.1. The number of benzene rings is 2. The second kappa shape index (κ2) is 8.39. The molecule has 0 aromatic heterocycles. The van der Waals surface area contributed by atoms with Crippen LogP contribution in [0.15, 0.2) is 53.4 Å². The second-order valence-corrected chi connectivity index (χ2v) is 7.79. The summed E-state index contributed by atoms with van der Waals surface area (Å²) in [5.74, 6) is -1.91. The third kappa shape index (κ3) is 5.10. The van der Waals surface area contributed by atoms with Crippen molar-refractivity contribution >= 4 is 33.4 Å². The number of ketones is 1. The highest BCUT2D eigenvalue weighted by molar-refractivity contribution is 7.89. The Labute approximate surface area is 155 Å². The zero-order chi connectivity index (χ0) is 19.3. The molecule has 138 valence electrons. The summed E-state index contributed by atoms with van der Waals surface area (Å²) in [5, 5.41) is 0.380. The molecule has 0 atom stereocenters. The summed E-state index contributed by atoms with van der Waals surface area (Å²) in [6.07, 6.45) is 0. The van der Waals surface area contributed by atoms with Crippen LogP contribution in [0, 0.1) is 5.82 Å². The van der Waals surface area contributed by atoms with Gasteiger partial charge in [0.15, 0.2) is 12.4 Å². The monoisotopic (exact) mass is 399 g/mol. The van der Waals surface area contributed by atoms with Crippen molar-refractivity contribution in [2.75, 3.05) is 20.2 Å².